The van der Waals surface area contributed by atoms with Crippen LogP contribution in [0.2, 0.25) is 0 Å². The van der Waals surface area contributed by atoms with Crippen molar-refractivity contribution in [3.05, 3.63) is 59.4 Å². The Balaban J connectivity index is 2.21. The Morgan fingerprint density at radius 3 is 2.15 bits per heavy atom. The second kappa shape index (κ2) is 5.71. The highest BCUT2D eigenvalue weighted by Crippen LogP contribution is 2.32. The lowest BCUT2D eigenvalue weighted by Crippen LogP contribution is -2.06. The molecule has 2 rings (SSSR count). The third-order valence-corrected chi connectivity index (χ3v) is 2.99. The van der Waals surface area contributed by atoms with Crippen molar-refractivity contribution in [3.8, 4) is 0 Å². The van der Waals surface area contributed by atoms with Gasteiger partial charge in [-0.2, -0.15) is 13.2 Å². The number of alkyl halides is 4. The minimum Gasteiger partial charge on any atom is -0.353 e. The van der Waals surface area contributed by atoms with Gasteiger partial charge in [-0.3, -0.25) is 0 Å². The van der Waals surface area contributed by atoms with Crippen molar-refractivity contribution in [2.75, 3.05) is 5.32 Å². The first-order valence-electron chi connectivity index (χ1n) is 5.69. The molecule has 0 fully saturated rings. The largest absolute Gasteiger partial charge is 0.416 e. The van der Waals surface area contributed by atoms with Crippen LogP contribution in [-0.2, 0) is 12.1 Å². The first kappa shape index (κ1) is 14.7. The van der Waals surface area contributed by atoms with Crippen LogP contribution >= 0.6 is 11.6 Å². The fourth-order valence-corrected chi connectivity index (χ4v) is 1.80. The molecule has 6 heteroatoms. The van der Waals surface area contributed by atoms with E-state index in [4.69, 9.17) is 11.6 Å². The number of hydrogen-bond acceptors (Lipinski definition) is 1. The van der Waals surface area contributed by atoms with E-state index in [-0.39, 0.29) is 5.69 Å². The van der Waals surface area contributed by atoms with Gasteiger partial charge in [-0.1, -0.05) is 12.1 Å². The van der Waals surface area contributed by atoms with E-state index in [0.717, 1.165) is 17.7 Å². The Morgan fingerprint density at radius 1 is 1.00 bits per heavy atom. The molecule has 106 valence electrons. The molecule has 0 amide bonds. The van der Waals surface area contributed by atoms with Gasteiger partial charge in [-0.25, -0.2) is 4.39 Å². The zero-order chi connectivity index (χ0) is 14.8. The van der Waals surface area contributed by atoms with Crippen molar-refractivity contribution < 1.29 is 17.6 Å². The second-order valence-electron chi connectivity index (χ2n) is 4.15. The van der Waals surface area contributed by atoms with Gasteiger partial charge in [-0.15, -0.1) is 11.6 Å². The average molecular weight is 304 g/mol. The Bertz CT molecular complexity index is 593. The van der Waals surface area contributed by atoms with Gasteiger partial charge in [0.2, 0.25) is 0 Å². The topological polar surface area (TPSA) is 12.0 Å². The maximum Gasteiger partial charge on any atom is 0.416 e. The summed E-state index contributed by atoms with van der Waals surface area (Å²) in [7, 11) is 0. The van der Waals surface area contributed by atoms with Crippen LogP contribution in [0.15, 0.2) is 42.5 Å². The predicted octanol–water partition coefficient (Wildman–Crippen LogP) is 5.33. The van der Waals surface area contributed by atoms with Crippen molar-refractivity contribution in [1.82, 2.24) is 0 Å². The molecule has 0 heterocycles. The summed E-state index contributed by atoms with van der Waals surface area (Å²) in [6.07, 6.45) is -4.55. The number of rotatable bonds is 3. The Hall–Kier alpha value is -1.75. The normalized spacial score (nSPS) is 11.4. The van der Waals surface area contributed by atoms with E-state index < -0.39 is 17.6 Å². The van der Waals surface area contributed by atoms with Crippen molar-refractivity contribution in [2.24, 2.45) is 0 Å². The van der Waals surface area contributed by atoms with Gasteiger partial charge in [0.1, 0.15) is 5.82 Å². The highest BCUT2D eigenvalue weighted by Gasteiger charge is 2.31. The molecule has 0 saturated carbocycles. The molecule has 0 atom stereocenters. The molecule has 0 saturated heterocycles. The molecule has 20 heavy (non-hydrogen) atoms. The van der Waals surface area contributed by atoms with Crippen LogP contribution in [0.4, 0.5) is 28.9 Å². The molecule has 0 aromatic heterocycles. The molecule has 1 N–H and O–H groups in total. The molecule has 0 spiro atoms. The molecule has 1 nitrogen and oxygen atoms in total. The molecule has 0 bridgehead atoms. The van der Waals surface area contributed by atoms with Crippen LogP contribution in [0, 0.1) is 5.82 Å². The van der Waals surface area contributed by atoms with E-state index in [1.54, 1.807) is 24.3 Å². The lowest BCUT2D eigenvalue weighted by atomic mass is 10.1. The molecule has 0 aliphatic heterocycles. The number of hydrogen-bond donors (Lipinski definition) is 1. The monoisotopic (exact) mass is 303 g/mol. The number of anilines is 2. The molecular weight excluding hydrogens is 294 g/mol. The van der Waals surface area contributed by atoms with E-state index in [1.807, 2.05) is 0 Å². The summed E-state index contributed by atoms with van der Waals surface area (Å²) in [4.78, 5) is 0. The van der Waals surface area contributed by atoms with Crippen LogP contribution in [0.1, 0.15) is 11.1 Å². The minimum absolute atomic E-state index is 0.0170. The van der Waals surface area contributed by atoms with E-state index in [0.29, 0.717) is 17.6 Å². The first-order valence-corrected chi connectivity index (χ1v) is 6.22. The van der Waals surface area contributed by atoms with Crippen molar-refractivity contribution in [2.45, 2.75) is 12.1 Å². The summed E-state index contributed by atoms with van der Waals surface area (Å²) < 4.78 is 50.9. The highest BCUT2D eigenvalue weighted by molar-refractivity contribution is 6.17. The zero-order valence-electron chi connectivity index (χ0n) is 10.1. The van der Waals surface area contributed by atoms with Gasteiger partial charge in [0.15, 0.2) is 0 Å². The quantitative estimate of drug-likeness (QED) is 0.597. The highest BCUT2D eigenvalue weighted by atomic mass is 35.5. The first-order chi connectivity index (χ1) is 9.40. The maximum absolute atomic E-state index is 13.6. The smallest absolute Gasteiger partial charge is 0.353 e. The Labute approximate surface area is 118 Å². The number of benzene rings is 2. The summed E-state index contributed by atoms with van der Waals surface area (Å²) >= 11 is 5.64. The number of halogens is 5. The molecule has 0 aliphatic carbocycles. The van der Waals surface area contributed by atoms with Gasteiger partial charge >= 0.3 is 6.18 Å². The molecule has 0 aliphatic rings. The van der Waals surface area contributed by atoms with E-state index in [9.17, 15) is 17.6 Å². The lowest BCUT2D eigenvalue weighted by Gasteiger charge is -2.11. The summed E-state index contributed by atoms with van der Waals surface area (Å²) in [5.74, 6) is -0.601. The van der Waals surface area contributed by atoms with Gasteiger partial charge in [0.05, 0.1) is 11.3 Å². The molecule has 2 aromatic rings. The molecule has 2 aromatic carbocycles. The summed E-state index contributed by atoms with van der Waals surface area (Å²) in [5.41, 5.74) is 0.428. The second-order valence-corrected chi connectivity index (χ2v) is 4.42. The predicted molar refractivity (Wildman–Crippen MR) is 70.7 cm³/mol. The van der Waals surface area contributed by atoms with Crippen LogP contribution in [0.25, 0.3) is 0 Å². The summed E-state index contributed by atoms with van der Waals surface area (Å²) in [6, 6.07) is 9.21. The van der Waals surface area contributed by atoms with Gasteiger partial charge in [-0.05, 0) is 35.9 Å². The summed E-state index contributed by atoms with van der Waals surface area (Å²) in [5, 5.41) is 2.72. The van der Waals surface area contributed by atoms with Crippen LogP contribution in [0.5, 0.6) is 0 Å². The lowest BCUT2D eigenvalue weighted by molar-refractivity contribution is -0.137. The fraction of sp³-hybridized carbons (Fsp3) is 0.143. The van der Waals surface area contributed by atoms with Crippen LogP contribution in [-0.4, -0.2) is 0 Å². The van der Waals surface area contributed by atoms with E-state index in [2.05, 4.69) is 5.32 Å². The molecular formula is C14H10ClF4N. The summed E-state index contributed by atoms with van der Waals surface area (Å²) in [6.45, 7) is 0. The third-order valence-electron chi connectivity index (χ3n) is 2.68. The van der Waals surface area contributed by atoms with E-state index >= 15 is 0 Å². The standard InChI is InChI=1S/C14H10ClF4N/c15-8-9-1-4-11(5-2-9)20-13-6-3-10(7-12(13)16)14(17,18)19/h1-7,20H,8H2. The minimum atomic E-state index is -4.55. The Kier molecular flexibility index (Phi) is 4.18. The van der Waals surface area contributed by atoms with Gasteiger partial charge in [0, 0.05) is 11.6 Å². The molecule has 0 radical (unpaired) electrons. The van der Waals surface area contributed by atoms with E-state index in [1.165, 1.54) is 0 Å². The van der Waals surface area contributed by atoms with Crippen molar-refractivity contribution in [3.63, 3.8) is 0 Å². The van der Waals surface area contributed by atoms with Crippen LogP contribution in [0.3, 0.4) is 0 Å². The number of nitrogens with one attached hydrogen (secondary N) is 1. The average Bonchev–Trinajstić information content (AvgIpc) is 2.41. The Morgan fingerprint density at radius 2 is 1.65 bits per heavy atom. The third kappa shape index (κ3) is 3.42. The van der Waals surface area contributed by atoms with Crippen molar-refractivity contribution >= 4 is 23.0 Å². The van der Waals surface area contributed by atoms with Gasteiger partial charge < -0.3 is 5.32 Å². The fourth-order valence-electron chi connectivity index (χ4n) is 1.63. The van der Waals surface area contributed by atoms with Crippen LogP contribution < -0.4 is 5.32 Å². The SMILES string of the molecule is Fc1cc(C(F)(F)F)ccc1Nc1ccc(CCl)cc1. The van der Waals surface area contributed by atoms with Crippen molar-refractivity contribution in [1.29, 1.82) is 0 Å². The zero-order valence-corrected chi connectivity index (χ0v) is 10.9. The maximum atomic E-state index is 13.6. The van der Waals surface area contributed by atoms with Gasteiger partial charge in [0.25, 0.3) is 0 Å². The molecule has 0 unspecified atom stereocenters.